The highest BCUT2D eigenvalue weighted by atomic mass is 31.2. The van der Waals surface area contributed by atoms with E-state index >= 15 is 0 Å². The first-order valence-corrected chi connectivity index (χ1v) is 3.56. The lowest BCUT2D eigenvalue weighted by molar-refractivity contribution is 0.320. The van der Waals surface area contributed by atoms with Crippen LogP contribution in [0.5, 0.6) is 0 Å². The Morgan fingerprint density at radius 3 is 2.25 bits per heavy atom. The molecule has 0 aliphatic carbocycles. The summed E-state index contributed by atoms with van der Waals surface area (Å²) in [4.78, 5) is 16.1. The molecule has 0 aliphatic rings. The molecule has 0 spiro atoms. The molecular weight excluding hydrogens is 133 g/mol. The third-order valence-corrected chi connectivity index (χ3v) is 1.04. The van der Waals surface area contributed by atoms with Crippen molar-refractivity contribution >= 4 is 13.8 Å². The van der Waals surface area contributed by atoms with Crippen LogP contribution in [0.2, 0.25) is 0 Å². The molecule has 3 N–H and O–H groups in total. The molecule has 0 aromatic carbocycles. The Kier molecular flexibility index (Phi) is 2.68. The van der Waals surface area contributed by atoms with Crippen LogP contribution in [-0.2, 0) is 4.57 Å². The topological polar surface area (TPSA) is 90.1 Å². The summed E-state index contributed by atoms with van der Waals surface area (Å²) in [6, 6.07) is 0. The van der Waals surface area contributed by atoms with Gasteiger partial charge in [0, 0.05) is 0 Å². The quantitative estimate of drug-likeness (QED) is 0.210. The van der Waals surface area contributed by atoms with E-state index in [0.29, 0.717) is 0 Å². The molecule has 0 radical (unpaired) electrons. The van der Waals surface area contributed by atoms with Crippen molar-refractivity contribution in [3.05, 3.63) is 0 Å². The summed E-state index contributed by atoms with van der Waals surface area (Å²) in [5, 5.41) is 10.1. The van der Waals surface area contributed by atoms with E-state index in [1.165, 1.54) is 0 Å². The van der Waals surface area contributed by atoms with Gasteiger partial charge in [0.1, 0.15) is 0 Å². The second-order valence-electron chi connectivity index (χ2n) is 1.15. The Hall–Kier alpha value is -0.380. The highest BCUT2D eigenvalue weighted by Crippen LogP contribution is 2.32. The fraction of sp³-hybridized carbons (Fsp3) is 0.500. The number of rotatable bonds is 2. The smallest absolute Gasteiger partial charge is 0.330 e. The highest BCUT2D eigenvalue weighted by Gasteiger charge is 2.08. The number of oxime groups is 1. The fourth-order valence-corrected chi connectivity index (χ4v) is 0.429. The second kappa shape index (κ2) is 2.81. The Morgan fingerprint density at radius 1 is 1.62 bits per heavy atom. The van der Waals surface area contributed by atoms with Crippen LogP contribution in [0.3, 0.4) is 0 Å². The van der Waals surface area contributed by atoms with Crippen LogP contribution < -0.4 is 0 Å². The lowest BCUT2D eigenvalue weighted by atomic mass is 10.9. The van der Waals surface area contributed by atoms with Gasteiger partial charge in [0.05, 0.1) is 12.4 Å². The first kappa shape index (κ1) is 7.62. The molecule has 5 nitrogen and oxygen atoms in total. The van der Waals surface area contributed by atoms with Gasteiger partial charge in [0.25, 0.3) is 0 Å². The van der Waals surface area contributed by atoms with Gasteiger partial charge in [-0.2, -0.15) is 0 Å². The molecule has 8 heavy (non-hydrogen) atoms. The minimum Gasteiger partial charge on any atom is -0.411 e. The van der Waals surface area contributed by atoms with Crippen LogP contribution in [0.15, 0.2) is 5.16 Å². The molecule has 0 amide bonds. The van der Waals surface area contributed by atoms with Crippen molar-refractivity contribution < 1.29 is 19.6 Å². The van der Waals surface area contributed by atoms with Crippen molar-refractivity contribution in [2.45, 2.75) is 0 Å². The largest absolute Gasteiger partial charge is 0.411 e. The van der Waals surface area contributed by atoms with Crippen molar-refractivity contribution in [2.75, 3.05) is 6.16 Å². The summed E-state index contributed by atoms with van der Waals surface area (Å²) in [5.41, 5.74) is 0. The Labute approximate surface area is 45.8 Å². The molecule has 0 heterocycles. The minimum absolute atomic E-state index is 0.510. The predicted octanol–water partition coefficient (Wildman–Crippen LogP) is -0.376. The van der Waals surface area contributed by atoms with E-state index in [0.717, 1.165) is 6.21 Å². The van der Waals surface area contributed by atoms with E-state index in [-0.39, 0.29) is 0 Å². The van der Waals surface area contributed by atoms with E-state index in [4.69, 9.17) is 15.0 Å². The number of hydrogen-bond donors (Lipinski definition) is 3. The summed E-state index contributed by atoms with van der Waals surface area (Å²) in [5.74, 6) is 0. The van der Waals surface area contributed by atoms with Gasteiger partial charge in [0.15, 0.2) is 0 Å². The lowest BCUT2D eigenvalue weighted by Crippen LogP contribution is -1.86. The molecule has 0 fully saturated rings. The molecule has 0 unspecified atom stereocenters. The Bertz CT molecular complexity index is 126. The molecular formula is C2H6NO4P. The maximum atomic E-state index is 9.88. The molecule has 0 rings (SSSR count). The Balaban J connectivity index is 3.57. The average Bonchev–Trinajstić information content (AvgIpc) is 1.59. The van der Waals surface area contributed by atoms with Crippen LogP contribution in [-0.4, -0.2) is 27.4 Å². The standard InChI is InChI=1S/C2H6NO4P/c4-3-1-2-8(5,6)7/h1,4H,2H2,(H2,5,6,7). The second-order valence-corrected chi connectivity index (χ2v) is 2.84. The molecule has 0 saturated carbocycles. The van der Waals surface area contributed by atoms with E-state index in [2.05, 4.69) is 5.16 Å². The molecule has 0 aliphatic heterocycles. The summed E-state index contributed by atoms with van der Waals surface area (Å²) in [7, 11) is -3.99. The normalized spacial score (nSPS) is 12.8. The maximum absolute atomic E-state index is 9.88. The molecule has 48 valence electrons. The summed E-state index contributed by atoms with van der Waals surface area (Å²) < 4.78 is 9.88. The van der Waals surface area contributed by atoms with Gasteiger partial charge in [0.2, 0.25) is 0 Å². The van der Waals surface area contributed by atoms with Gasteiger partial charge in [-0.25, -0.2) is 0 Å². The van der Waals surface area contributed by atoms with Crippen molar-refractivity contribution in [2.24, 2.45) is 5.16 Å². The van der Waals surface area contributed by atoms with Gasteiger partial charge in [-0.3, -0.25) is 4.57 Å². The monoisotopic (exact) mass is 139 g/mol. The third kappa shape index (κ3) is 5.62. The molecule has 6 heteroatoms. The van der Waals surface area contributed by atoms with Crippen LogP contribution in [0, 0.1) is 0 Å². The fourth-order valence-electron chi connectivity index (χ4n) is 0.143. The molecule has 0 aromatic rings. The van der Waals surface area contributed by atoms with E-state index in [9.17, 15) is 4.57 Å². The van der Waals surface area contributed by atoms with Crippen LogP contribution in [0.1, 0.15) is 0 Å². The first-order chi connectivity index (χ1) is 3.56. The predicted molar refractivity (Wildman–Crippen MR) is 27.2 cm³/mol. The van der Waals surface area contributed by atoms with Crippen molar-refractivity contribution in [3.8, 4) is 0 Å². The van der Waals surface area contributed by atoms with Gasteiger partial charge >= 0.3 is 7.60 Å². The SMILES string of the molecule is O=P(O)(O)CC=NO. The first-order valence-electron chi connectivity index (χ1n) is 1.77. The van der Waals surface area contributed by atoms with Crippen molar-refractivity contribution in [3.63, 3.8) is 0 Å². The number of nitrogens with zero attached hydrogens (tertiary/aromatic N) is 1. The molecule has 0 aromatic heterocycles. The molecule has 0 bridgehead atoms. The van der Waals surface area contributed by atoms with E-state index in [1.54, 1.807) is 0 Å². The average molecular weight is 139 g/mol. The minimum atomic E-state index is -3.99. The maximum Gasteiger partial charge on any atom is 0.330 e. The van der Waals surface area contributed by atoms with Gasteiger partial charge in [-0.15, -0.1) is 5.16 Å². The van der Waals surface area contributed by atoms with Crippen LogP contribution in [0.25, 0.3) is 0 Å². The van der Waals surface area contributed by atoms with Crippen molar-refractivity contribution in [1.82, 2.24) is 0 Å². The van der Waals surface area contributed by atoms with Gasteiger partial charge < -0.3 is 15.0 Å². The highest BCUT2D eigenvalue weighted by molar-refractivity contribution is 7.52. The summed E-state index contributed by atoms with van der Waals surface area (Å²) >= 11 is 0. The zero-order valence-electron chi connectivity index (χ0n) is 3.93. The Morgan fingerprint density at radius 2 is 2.12 bits per heavy atom. The van der Waals surface area contributed by atoms with Gasteiger partial charge in [-0.05, 0) is 0 Å². The van der Waals surface area contributed by atoms with Crippen LogP contribution in [0.4, 0.5) is 0 Å². The summed E-state index contributed by atoms with van der Waals surface area (Å²) in [6.07, 6.45) is 0.240. The lowest BCUT2D eigenvalue weighted by Gasteiger charge is -1.93. The van der Waals surface area contributed by atoms with Crippen molar-refractivity contribution in [1.29, 1.82) is 0 Å². The summed E-state index contributed by atoms with van der Waals surface area (Å²) in [6.45, 7) is 0. The van der Waals surface area contributed by atoms with Gasteiger partial charge in [-0.1, -0.05) is 0 Å². The van der Waals surface area contributed by atoms with E-state index in [1.807, 2.05) is 0 Å². The zero-order valence-corrected chi connectivity index (χ0v) is 4.82. The zero-order chi connectivity index (χ0) is 6.62. The number of hydrogen-bond acceptors (Lipinski definition) is 3. The third-order valence-electron chi connectivity index (χ3n) is 0.401. The molecule has 0 saturated heterocycles. The van der Waals surface area contributed by atoms with Crippen LogP contribution >= 0.6 is 7.60 Å². The van der Waals surface area contributed by atoms with E-state index < -0.39 is 13.8 Å². The molecule has 0 atom stereocenters.